The van der Waals surface area contributed by atoms with Gasteiger partial charge in [0, 0.05) is 0 Å². The molecule has 5 heavy (non-hydrogen) atoms. The summed E-state index contributed by atoms with van der Waals surface area (Å²) in [5.74, 6) is 0. The number of hydrogen-bond donors (Lipinski definition) is 0. The monoisotopic (exact) mass is 307 g/mol. The molecule has 0 aromatic rings. The molecular formula is Br3CuLi. The normalized spacial score (nSPS) is 4.40. The third kappa shape index (κ3) is 20.8. The van der Waals surface area contributed by atoms with Crippen LogP contribution in [0.3, 0.4) is 0 Å². The molecule has 0 bridgehead atoms. The van der Waals surface area contributed by atoms with Crippen LogP contribution in [-0.4, -0.2) is 0 Å². The summed E-state index contributed by atoms with van der Waals surface area (Å²) < 4.78 is 0. The van der Waals surface area contributed by atoms with E-state index in [1.54, 1.807) is 0 Å². The Bertz CT molecular complexity index is 6.85. The topological polar surface area (TPSA) is 0 Å². The van der Waals surface area contributed by atoms with Crippen molar-refractivity contribution in [3.63, 3.8) is 0 Å². The van der Waals surface area contributed by atoms with E-state index in [2.05, 4.69) is 28.2 Å². The minimum absolute atomic E-state index is 0. The van der Waals surface area contributed by atoms with Crippen molar-refractivity contribution in [2.45, 2.75) is 0 Å². The third-order valence-corrected chi connectivity index (χ3v) is 0. The maximum absolute atomic E-state index is 2.97. The van der Waals surface area contributed by atoms with Crippen LogP contribution in [0, 0.1) is 0 Å². The Labute approximate surface area is 74.3 Å². The smallest absolute Gasteiger partial charge is 1.00 e. The van der Waals surface area contributed by atoms with Gasteiger partial charge in [0.1, 0.15) is 0 Å². The zero-order chi connectivity index (χ0) is 2.71. The summed E-state index contributed by atoms with van der Waals surface area (Å²) in [6.07, 6.45) is 0. The van der Waals surface area contributed by atoms with Crippen molar-refractivity contribution in [1.82, 2.24) is 0 Å². The van der Waals surface area contributed by atoms with Gasteiger partial charge in [-0.2, -0.15) is 0 Å². The molecule has 0 aliphatic rings. The zero-order valence-corrected chi connectivity index (χ0v) is 8.14. The van der Waals surface area contributed by atoms with Gasteiger partial charge < -0.3 is 17.0 Å². The fourth-order valence-corrected chi connectivity index (χ4v) is 0. The van der Waals surface area contributed by atoms with Crippen molar-refractivity contribution in [1.29, 1.82) is 0 Å². The first-order valence-corrected chi connectivity index (χ1v) is 4.88. The molecule has 5 heteroatoms. The van der Waals surface area contributed by atoms with E-state index in [1.165, 1.54) is 11.3 Å². The molecule has 0 amide bonds. The molecule has 0 fully saturated rings. The Morgan fingerprint density at radius 3 is 1.20 bits per heavy atom. The minimum Gasteiger partial charge on any atom is 1.00 e. The van der Waals surface area contributed by atoms with Crippen molar-refractivity contribution in [3.8, 4) is 0 Å². The number of rotatable bonds is 0. The van der Waals surface area contributed by atoms with Crippen LogP contribution >= 0.6 is 28.2 Å². The zero-order valence-electron chi connectivity index (χ0n) is 2.44. The second-order valence-corrected chi connectivity index (χ2v) is 4.80. The Hall–Kier alpha value is 2.56. The van der Waals surface area contributed by atoms with Gasteiger partial charge in [-0.1, -0.05) is 0 Å². The summed E-state index contributed by atoms with van der Waals surface area (Å²) in [5, 5.41) is 0. The minimum atomic E-state index is 0. The Kier molecular flexibility index (Phi) is 50.1. The fourth-order valence-electron chi connectivity index (χ4n) is 0. The van der Waals surface area contributed by atoms with Crippen LogP contribution in [-0.2, 0) is 11.3 Å². The molecule has 0 aliphatic carbocycles. The Balaban J connectivity index is -0.0000000200. The third-order valence-electron chi connectivity index (χ3n) is 0. The molecule has 0 aromatic carbocycles. The van der Waals surface area contributed by atoms with E-state index in [0.29, 0.717) is 0 Å². The summed E-state index contributed by atoms with van der Waals surface area (Å²) in [4.78, 5) is 0. The quantitative estimate of drug-likeness (QED) is 0.397. The van der Waals surface area contributed by atoms with Crippen LogP contribution in [0.15, 0.2) is 0 Å². The van der Waals surface area contributed by atoms with Gasteiger partial charge in [-0.05, 0) is 0 Å². The average molecular weight is 310 g/mol. The first kappa shape index (κ1) is 15.6. The van der Waals surface area contributed by atoms with Crippen molar-refractivity contribution in [2.75, 3.05) is 0 Å². The van der Waals surface area contributed by atoms with Crippen LogP contribution in [0.4, 0.5) is 0 Å². The number of hydrogen-bond acceptors (Lipinski definition) is 0. The maximum atomic E-state index is 2.97. The molecular weight excluding hydrogens is 310 g/mol. The van der Waals surface area contributed by atoms with Gasteiger partial charge in [-0.15, -0.1) is 0 Å². The van der Waals surface area contributed by atoms with Crippen molar-refractivity contribution < 1.29 is 47.2 Å². The Morgan fingerprint density at radius 1 is 1.20 bits per heavy atom. The fraction of sp³-hybridized carbons (Fsp3) is 0. The molecule has 0 N–H and O–H groups in total. The molecule has 0 rings (SSSR count). The summed E-state index contributed by atoms with van der Waals surface area (Å²) >= 11 is 7.38. The second kappa shape index (κ2) is 16.0. The number of halogens is 3. The SMILES string of the molecule is [Br-].[Br][Cu][Br].[Li+]. The van der Waals surface area contributed by atoms with E-state index in [4.69, 9.17) is 0 Å². The molecule has 0 spiro atoms. The van der Waals surface area contributed by atoms with Crippen LogP contribution in [0.1, 0.15) is 0 Å². The van der Waals surface area contributed by atoms with Gasteiger partial charge in [-0.25, -0.2) is 0 Å². The van der Waals surface area contributed by atoms with Crippen LogP contribution < -0.4 is 35.8 Å². The Morgan fingerprint density at radius 2 is 1.20 bits per heavy atom. The largest absolute Gasteiger partial charge is 1.00 e. The summed E-state index contributed by atoms with van der Waals surface area (Å²) in [5.41, 5.74) is 0. The second-order valence-electron chi connectivity index (χ2n) is 0.0431. The molecule has 0 saturated heterocycles. The predicted octanol–water partition coefficient (Wildman–Crippen LogP) is -4.30. The molecule has 0 unspecified atom stereocenters. The summed E-state index contributed by atoms with van der Waals surface area (Å²) in [6.45, 7) is 0. The molecule has 0 atom stereocenters. The molecule has 0 aromatic heterocycles. The molecule has 0 nitrogen and oxygen atoms in total. The first-order chi connectivity index (χ1) is 1.41. The maximum Gasteiger partial charge on any atom is 1.00 e. The van der Waals surface area contributed by atoms with Gasteiger partial charge in [0.2, 0.25) is 0 Å². The van der Waals surface area contributed by atoms with Gasteiger partial charge in [0.15, 0.2) is 0 Å². The van der Waals surface area contributed by atoms with Crippen LogP contribution in [0.5, 0.6) is 0 Å². The van der Waals surface area contributed by atoms with E-state index in [-0.39, 0.29) is 35.8 Å². The standard InChI is InChI=1S/3BrH.Cu.Li/h3*1H;;/q;;;+2;+1/p-3. The van der Waals surface area contributed by atoms with E-state index in [1.807, 2.05) is 0 Å². The van der Waals surface area contributed by atoms with E-state index >= 15 is 0 Å². The molecule has 33 valence electrons. The van der Waals surface area contributed by atoms with Gasteiger partial charge >= 0.3 is 58.4 Å². The summed E-state index contributed by atoms with van der Waals surface area (Å²) in [7, 11) is 0. The molecule has 0 radical (unpaired) electrons. The molecule has 0 saturated carbocycles. The van der Waals surface area contributed by atoms with Gasteiger partial charge in [0.25, 0.3) is 0 Å². The van der Waals surface area contributed by atoms with Crippen LogP contribution in [0.25, 0.3) is 0 Å². The first-order valence-electron chi connectivity index (χ1n) is 0.228. The summed E-state index contributed by atoms with van der Waals surface area (Å²) in [6, 6.07) is 0. The van der Waals surface area contributed by atoms with Crippen LogP contribution in [0.2, 0.25) is 0 Å². The van der Waals surface area contributed by atoms with Gasteiger partial charge in [-0.3, -0.25) is 0 Å². The molecule has 0 aliphatic heterocycles. The van der Waals surface area contributed by atoms with Gasteiger partial charge in [0.05, 0.1) is 0 Å². The van der Waals surface area contributed by atoms with Crippen molar-refractivity contribution in [3.05, 3.63) is 0 Å². The van der Waals surface area contributed by atoms with E-state index < -0.39 is 0 Å². The van der Waals surface area contributed by atoms with E-state index in [0.717, 1.165) is 0 Å². The molecule has 0 heterocycles. The van der Waals surface area contributed by atoms with Crippen molar-refractivity contribution in [2.24, 2.45) is 0 Å². The average Bonchev–Trinajstić information content (AvgIpc) is 0.918. The van der Waals surface area contributed by atoms with Crippen molar-refractivity contribution >= 4 is 28.2 Å². The predicted molar refractivity (Wildman–Crippen MR) is 17.9 cm³/mol. The van der Waals surface area contributed by atoms with E-state index in [9.17, 15) is 0 Å².